The SMILES string of the molecule is NC1C=CC(C(=O)NCCC(=O)O)C1. The van der Waals surface area contributed by atoms with Crippen LogP contribution >= 0.6 is 0 Å². The second-order valence-electron chi connectivity index (χ2n) is 3.33. The van der Waals surface area contributed by atoms with Crippen molar-refractivity contribution in [3.63, 3.8) is 0 Å². The molecule has 1 aliphatic carbocycles. The van der Waals surface area contributed by atoms with Crippen molar-refractivity contribution in [3.8, 4) is 0 Å². The minimum absolute atomic E-state index is 0.0474. The van der Waals surface area contributed by atoms with E-state index in [-0.39, 0.29) is 30.8 Å². The van der Waals surface area contributed by atoms with Gasteiger partial charge in [-0.05, 0) is 6.42 Å². The maximum Gasteiger partial charge on any atom is 0.305 e. The molecule has 2 atom stereocenters. The third-order valence-corrected chi connectivity index (χ3v) is 2.09. The highest BCUT2D eigenvalue weighted by atomic mass is 16.4. The normalized spacial score (nSPS) is 24.9. The standard InChI is InChI=1S/C9H14N2O3/c10-7-2-1-6(5-7)9(14)11-4-3-8(12)13/h1-2,6-7H,3-5,10H2,(H,11,14)(H,12,13). The van der Waals surface area contributed by atoms with Gasteiger partial charge < -0.3 is 16.2 Å². The van der Waals surface area contributed by atoms with E-state index in [1.807, 2.05) is 0 Å². The second-order valence-corrected chi connectivity index (χ2v) is 3.33. The summed E-state index contributed by atoms with van der Waals surface area (Å²) in [6.07, 6.45) is 4.12. The number of carbonyl (C=O) groups excluding carboxylic acids is 1. The summed E-state index contributed by atoms with van der Waals surface area (Å²) >= 11 is 0. The lowest BCUT2D eigenvalue weighted by atomic mass is 10.1. The van der Waals surface area contributed by atoms with Gasteiger partial charge in [0.15, 0.2) is 0 Å². The summed E-state index contributed by atoms with van der Waals surface area (Å²) in [6.45, 7) is 0.174. The fourth-order valence-corrected chi connectivity index (χ4v) is 1.35. The number of hydrogen-bond acceptors (Lipinski definition) is 3. The van der Waals surface area contributed by atoms with Crippen molar-refractivity contribution in [2.75, 3.05) is 6.54 Å². The fraction of sp³-hybridized carbons (Fsp3) is 0.556. The topological polar surface area (TPSA) is 92.4 Å². The molecule has 0 saturated heterocycles. The number of carbonyl (C=O) groups is 2. The quantitative estimate of drug-likeness (QED) is 0.530. The first kappa shape index (κ1) is 10.7. The van der Waals surface area contributed by atoms with Crippen LogP contribution in [0.5, 0.6) is 0 Å². The zero-order valence-electron chi connectivity index (χ0n) is 7.77. The van der Waals surface area contributed by atoms with Crippen molar-refractivity contribution < 1.29 is 14.7 Å². The zero-order chi connectivity index (χ0) is 10.6. The fourth-order valence-electron chi connectivity index (χ4n) is 1.35. The summed E-state index contributed by atoms with van der Waals surface area (Å²) in [6, 6.07) is -0.0507. The predicted molar refractivity (Wildman–Crippen MR) is 50.5 cm³/mol. The van der Waals surface area contributed by atoms with Gasteiger partial charge in [-0.2, -0.15) is 0 Å². The van der Waals surface area contributed by atoms with E-state index >= 15 is 0 Å². The first-order valence-corrected chi connectivity index (χ1v) is 4.53. The molecule has 1 aliphatic rings. The first-order chi connectivity index (χ1) is 6.59. The molecule has 1 amide bonds. The highest BCUT2D eigenvalue weighted by Crippen LogP contribution is 2.15. The Labute approximate surface area is 82.0 Å². The summed E-state index contributed by atoms with van der Waals surface area (Å²) in [5.41, 5.74) is 5.58. The van der Waals surface area contributed by atoms with Crippen LogP contribution in [0.3, 0.4) is 0 Å². The van der Waals surface area contributed by atoms with Crippen LogP contribution in [0, 0.1) is 5.92 Å². The molecular weight excluding hydrogens is 184 g/mol. The van der Waals surface area contributed by atoms with Crippen molar-refractivity contribution in [1.29, 1.82) is 0 Å². The van der Waals surface area contributed by atoms with E-state index in [0.29, 0.717) is 6.42 Å². The second kappa shape index (κ2) is 4.76. The molecule has 0 bridgehead atoms. The van der Waals surface area contributed by atoms with E-state index in [0.717, 1.165) is 0 Å². The molecule has 0 aromatic heterocycles. The van der Waals surface area contributed by atoms with Crippen LogP contribution in [0.25, 0.3) is 0 Å². The maximum absolute atomic E-state index is 11.4. The molecule has 0 heterocycles. The average Bonchev–Trinajstić information content (AvgIpc) is 2.51. The van der Waals surface area contributed by atoms with Gasteiger partial charge in [0.25, 0.3) is 0 Å². The summed E-state index contributed by atoms with van der Waals surface area (Å²) in [5, 5.41) is 10.9. The Morgan fingerprint density at radius 2 is 2.21 bits per heavy atom. The van der Waals surface area contributed by atoms with E-state index in [1.54, 1.807) is 12.2 Å². The van der Waals surface area contributed by atoms with E-state index < -0.39 is 5.97 Å². The van der Waals surface area contributed by atoms with E-state index in [1.165, 1.54) is 0 Å². The number of carboxylic acid groups (broad SMARTS) is 1. The van der Waals surface area contributed by atoms with E-state index in [2.05, 4.69) is 5.32 Å². The summed E-state index contributed by atoms with van der Waals surface area (Å²) in [4.78, 5) is 21.5. The number of rotatable bonds is 4. The molecule has 0 aliphatic heterocycles. The minimum atomic E-state index is -0.913. The Hall–Kier alpha value is -1.36. The molecule has 0 saturated carbocycles. The molecule has 14 heavy (non-hydrogen) atoms. The molecule has 0 aromatic rings. The van der Waals surface area contributed by atoms with Crippen molar-refractivity contribution in [2.45, 2.75) is 18.9 Å². The molecule has 0 spiro atoms. The molecule has 78 valence electrons. The van der Waals surface area contributed by atoms with Crippen LogP contribution in [-0.4, -0.2) is 29.6 Å². The van der Waals surface area contributed by atoms with Gasteiger partial charge in [-0.25, -0.2) is 0 Å². The van der Waals surface area contributed by atoms with Gasteiger partial charge in [0.2, 0.25) is 5.91 Å². The Kier molecular flexibility index (Phi) is 3.64. The van der Waals surface area contributed by atoms with Gasteiger partial charge in [-0.1, -0.05) is 12.2 Å². The van der Waals surface area contributed by atoms with Crippen LogP contribution in [-0.2, 0) is 9.59 Å². The Bertz CT molecular complexity index is 263. The number of hydrogen-bond donors (Lipinski definition) is 3. The number of nitrogens with one attached hydrogen (secondary N) is 1. The maximum atomic E-state index is 11.4. The van der Waals surface area contributed by atoms with Gasteiger partial charge >= 0.3 is 5.97 Å². The first-order valence-electron chi connectivity index (χ1n) is 4.53. The highest BCUT2D eigenvalue weighted by molar-refractivity contribution is 5.81. The van der Waals surface area contributed by atoms with Crippen LogP contribution in [0.15, 0.2) is 12.2 Å². The lowest BCUT2D eigenvalue weighted by Gasteiger charge is -2.09. The molecule has 4 N–H and O–H groups in total. The van der Waals surface area contributed by atoms with Crippen LogP contribution in [0.1, 0.15) is 12.8 Å². The van der Waals surface area contributed by atoms with Crippen molar-refractivity contribution in [2.24, 2.45) is 11.7 Å². The number of amides is 1. The number of nitrogens with two attached hydrogens (primary N) is 1. The lowest BCUT2D eigenvalue weighted by molar-refractivity contribution is -0.137. The van der Waals surface area contributed by atoms with Gasteiger partial charge in [0, 0.05) is 12.6 Å². The molecule has 5 heteroatoms. The van der Waals surface area contributed by atoms with Crippen molar-refractivity contribution in [3.05, 3.63) is 12.2 Å². The largest absolute Gasteiger partial charge is 0.481 e. The predicted octanol–water partition coefficient (Wildman–Crippen LogP) is -0.519. The van der Waals surface area contributed by atoms with E-state index in [9.17, 15) is 9.59 Å². The number of carboxylic acids is 1. The van der Waals surface area contributed by atoms with Crippen LogP contribution < -0.4 is 11.1 Å². The monoisotopic (exact) mass is 198 g/mol. The molecule has 2 unspecified atom stereocenters. The summed E-state index contributed by atoms with van der Waals surface area (Å²) in [5.74, 6) is -1.25. The van der Waals surface area contributed by atoms with Crippen molar-refractivity contribution in [1.82, 2.24) is 5.32 Å². The van der Waals surface area contributed by atoms with Crippen molar-refractivity contribution >= 4 is 11.9 Å². The number of aliphatic carboxylic acids is 1. The Balaban J connectivity index is 2.22. The zero-order valence-corrected chi connectivity index (χ0v) is 7.77. The van der Waals surface area contributed by atoms with Gasteiger partial charge in [-0.15, -0.1) is 0 Å². The third-order valence-electron chi connectivity index (χ3n) is 2.09. The van der Waals surface area contributed by atoms with Gasteiger partial charge in [0.1, 0.15) is 0 Å². The minimum Gasteiger partial charge on any atom is -0.481 e. The smallest absolute Gasteiger partial charge is 0.305 e. The summed E-state index contributed by atoms with van der Waals surface area (Å²) in [7, 11) is 0. The molecule has 0 radical (unpaired) electrons. The summed E-state index contributed by atoms with van der Waals surface area (Å²) < 4.78 is 0. The van der Waals surface area contributed by atoms with Gasteiger partial charge in [0.05, 0.1) is 12.3 Å². The lowest BCUT2D eigenvalue weighted by Crippen LogP contribution is -2.32. The van der Waals surface area contributed by atoms with Crippen LogP contribution in [0.4, 0.5) is 0 Å². The Morgan fingerprint density at radius 3 is 2.71 bits per heavy atom. The molecule has 0 fully saturated rings. The molecule has 0 aromatic carbocycles. The molecular formula is C9H14N2O3. The van der Waals surface area contributed by atoms with Crippen LogP contribution in [0.2, 0.25) is 0 Å². The average molecular weight is 198 g/mol. The van der Waals surface area contributed by atoms with Gasteiger partial charge in [-0.3, -0.25) is 9.59 Å². The third kappa shape index (κ3) is 3.18. The highest BCUT2D eigenvalue weighted by Gasteiger charge is 2.22. The van der Waals surface area contributed by atoms with E-state index in [4.69, 9.17) is 10.8 Å². The molecule has 5 nitrogen and oxygen atoms in total. The Morgan fingerprint density at radius 1 is 1.50 bits per heavy atom. The molecule has 1 rings (SSSR count).